The first-order valence-electron chi connectivity index (χ1n) is 7.93. The number of piperidine rings is 1. The number of rotatable bonds is 3. The van der Waals surface area contributed by atoms with Gasteiger partial charge in [0.05, 0.1) is 0 Å². The Balaban J connectivity index is 1.69. The van der Waals surface area contributed by atoms with Crippen LogP contribution < -0.4 is 0 Å². The van der Waals surface area contributed by atoms with Gasteiger partial charge in [0.25, 0.3) is 5.91 Å². The summed E-state index contributed by atoms with van der Waals surface area (Å²) in [5, 5.41) is 0. The van der Waals surface area contributed by atoms with Gasteiger partial charge in [-0.25, -0.2) is 0 Å². The van der Waals surface area contributed by atoms with E-state index in [9.17, 15) is 4.79 Å². The Kier molecular flexibility index (Phi) is 4.36. The number of hydrogen-bond acceptors (Lipinski definition) is 2. The number of carbonyl (C=O) groups excluding carboxylic acids is 1. The van der Waals surface area contributed by atoms with Crippen LogP contribution >= 0.6 is 0 Å². The molecule has 0 aliphatic carbocycles. The zero-order valence-corrected chi connectivity index (χ0v) is 12.1. The first-order chi connectivity index (χ1) is 9.84. The number of likely N-dealkylation sites (tertiary alicyclic amines) is 2. The van der Waals surface area contributed by atoms with Crippen molar-refractivity contribution in [3.8, 4) is 0 Å². The van der Waals surface area contributed by atoms with E-state index in [4.69, 9.17) is 0 Å². The lowest BCUT2D eigenvalue weighted by Crippen LogP contribution is -2.49. The average Bonchev–Trinajstić information content (AvgIpc) is 3.01. The Hall–Kier alpha value is -1.35. The van der Waals surface area contributed by atoms with E-state index in [0.29, 0.717) is 6.04 Å². The van der Waals surface area contributed by atoms with Gasteiger partial charge in [0.2, 0.25) is 0 Å². The van der Waals surface area contributed by atoms with Crippen molar-refractivity contribution in [3.05, 3.63) is 35.9 Å². The molecule has 3 heteroatoms. The predicted octanol–water partition coefficient (Wildman–Crippen LogP) is 2.78. The van der Waals surface area contributed by atoms with Gasteiger partial charge in [-0.05, 0) is 57.3 Å². The highest BCUT2D eigenvalue weighted by Crippen LogP contribution is 2.22. The summed E-state index contributed by atoms with van der Waals surface area (Å²) in [6.07, 6.45) is 6.21. The van der Waals surface area contributed by atoms with Crippen LogP contribution in [0.5, 0.6) is 0 Å². The van der Waals surface area contributed by atoms with Crippen molar-refractivity contribution >= 4 is 5.91 Å². The lowest BCUT2D eigenvalue weighted by Gasteiger charge is -2.38. The molecule has 1 atom stereocenters. The predicted molar refractivity (Wildman–Crippen MR) is 80.8 cm³/mol. The zero-order valence-electron chi connectivity index (χ0n) is 12.1. The molecule has 108 valence electrons. The van der Waals surface area contributed by atoms with Gasteiger partial charge in [0.15, 0.2) is 0 Å². The van der Waals surface area contributed by atoms with E-state index >= 15 is 0 Å². The van der Waals surface area contributed by atoms with Gasteiger partial charge in [-0.2, -0.15) is 0 Å². The van der Waals surface area contributed by atoms with E-state index in [1.54, 1.807) is 0 Å². The van der Waals surface area contributed by atoms with Crippen LogP contribution in [0.4, 0.5) is 0 Å². The Morgan fingerprint density at radius 1 is 1.00 bits per heavy atom. The Morgan fingerprint density at radius 3 is 2.45 bits per heavy atom. The van der Waals surface area contributed by atoms with Gasteiger partial charge in [0, 0.05) is 24.7 Å². The summed E-state index contributed by atoms with van der Waals surface area (Å²) < 4.78 is 0. The zero-order chi connectivity index (χ0) is 13.8. The third-order valence-corrected chi connectivity index (χ3v) is 4.58. The van der Waals surface area contributed by atoms with E-state index < -0.39 is 0 Å². The third-order valence-electron chi connectivity index (χ3n) is 4.58. The fourth-order valence-corrected chi connectivity index (χ4v) is 3.47. The van der Waals surface area contributed by atoms with Gasteiger partial charge >= 0.3 is 0 Å². The lowest BCUT2D eigenvalue weighted by atomic mass is 10.00. The second-order valence-electron chi connectivity index (χ2n) is 6.02. The molecule has 0 N–H and O–H groups in total. The fourth-order valence-electron chi connectivity index (χ4n) is 3.47. The molecule has 0 aromatic heterocycles. The summed E-state index contributed by atoms with van der Waals surface area (Å²) in [7, 11) is 0. The minimum Gasteiger partial charge on any atom is -0.334 e. The largest absolute Gasteiger partial charge is 0.334 e. The summed E-state index contributed by atoms with van der Waals surface area (Å²) in [6, 6.07) is 10.1. The summed E-state index contributed by atoms with van der Waals surface area (Å²) in [5.74, 6) is 0.217. The summed E-state index contributed by atoms with van der Waals surface area (Å²) in [4.78, 5) is 17.3. The SMILES string of the molecule is O=C(c1ccccc1)N1CCCCC1CN1CCCC1. The highest BCUT2D eigenvalue weighted by molar-refractivity contribution is 5.94. The van der Waals surface area contributed by atoms with Crippen molar-refractivity contribution in [3.63, 3.8) is 0 Å². The van der Waals surface area contributed by atoms with E-state index in [-0.39, 0.29) is 5.91 Å². The van der Waals surface area contributed by atoms with Crippen LogP contribution in [0.25, 0.3) is 0 Å². The topological polar surface area (TPSA) is 23.6 Å². The van der Waals surface area contributed by atoms with Crippen molar-refractivity contribution in [2.24, 2.45) is 0 Å². The maximum absolute atomic E-state index is 12.7. The van der Waals surface area contributed by atoms with Crippen molar-refractivity contribution in [1.82, 2.24) is 9.80 Å². The second kappa shape index (κ2) is 6.40. The molecular formula is C17H24N2O. The number of nitrogens with zero attached hydrogens (tertiary/aromatic N) is 2. The molecule has 2 aliphatic rings. The maximum Gasteiger partial charge on any atom is 0.254 e. The molecule has 2 aliphatic heterocycles. The van der Waals surface area contributed by atoms with Gasteiger partial charge in [-0.3, -0.25) is 4.79 Å². The first-order valence-corrected chi connectivity index (χ1v) is 7.93. The molecule has 0 spiro atoms. The van der Waals surface area contributed by atoms with E-state index in [1.165, 1.54) is 32.4 Å². The van der Waals surface area contributed by atoms with Crippen molar-refractivity contribution in [2.75, 3.05) is 26.2 Å². The highest BCUT2D eigenvalue weighted by Gasteiger charge is 2.29. The molecule has 2 fully saturated rings. The molecule has 1 aromatic rings. The monoisotopic (exact) mass is 272 g/mol. The van der Waals surface area contributed by atoms with Crippen molar-refractivity contribution < 1.29 is 4.79 Å². The third kappa shape index (κ3) is 3.04. The molecule has 1 amide bonds. The standard InChI is InChI=1S/C17H24N2O/c20-17(15-8-2-1-3-9-15)19-13-5-4-10-16(19)14-18-11-6-7-12-18/h1-3,8-9,16H,4-7,10-14H2. The lowest BCUT2D eigenvalue weighted by molar-refractivity contribution is 0.0560. The summed E-state index contributed by atoms with van der Waals surface area (Å²) in [5.41, 5.74) is 0.834. The molecule has 20 heavy (non-hydrogen) atoms. The molecule has 3 nitrogen and oxygen atoms in total. The Morgan fingerprint density at radius 2 is 1.70 bits per heavy atom. The van der Waals surface area contributed by atoms with Crippen LogP contribution in [-0.4, -0.2) is 47.9 Å². The molecule has 2 heterocycles. The summed E-state index contributed by atoms with van der Waals surface area (Å²) in [6.45, 7) is 4.42. The van der Waals surface area contributed by atoms with Crippen LogP contribution in [0.3, 0.4) is 0 Å². The summed E-state index contributed by atoms with van der Waals surface area (Å²) >= 11 is 0. The number of hydrogen-bond donors (Lipinski definition) is 0. The van der Waals surface area contributed by atoms with Crippen molar-refractivity contribution in [2.45, 2.75) is 38.1 Å². The van der Waals surface area contributed by atoms with Crippen LogP contribution in [0.1, 0.15) is 42.5 Å². The Labute approximate surface area is 121 Å². The molecular weight excluding hydrogens is 248 g/mol. The minimum absolute atomic E-state index is 0.217. The van der Waals surface area contributed by atoms with Crippen LogP contribution in [0.2, 0.25) is 0 Å². The van der Waals surface area contributed by atoms with Gasteiger partial charge in [-0.1, -0.05) is 18.2 Å². The molecule has 1 unspecified atom stereocenters. The van der Waals surface area contributed by atoms with E-state index in [2.05, 4.69) is 9.80 Å². The van der Waals surface area contributed by atoms with Gasteiger partial charge in [0.1, 0.15) is 0 Å². The van der Waals surface area contributed by atoms with Crippen molar-refractivity contribution in [1.29, 1.82) is 0 Å². The molecule has 2 saturated heterocycles. The average molecular weight is 272 g/mol. The molecule has 3 rings (SSSR count). The van der Waals surface area contributed by atoms with Crippen LogP contribution in [0.15, 0.2) is 30.3 Å². The molecule has 0 saturated carbocycles. The maximum atomic E-state index is 12.7. The number of benzene rings is 1. The highest BCUT2D eigenvalue weighted by atomic mass is 16.2. The number of amides is 1. The molecule has 1 aromatic carbocycles. The normalized spacial score (nSPS) is 24.0. The second-order valence-corrected chi connectivity index (χ2v) is 6.02. The Bertz CT molecular complexity index is 440. The smallest absolute Gasteiger partial charge is 0.254 e. The quantitative estimate of drug-likeness (QED) is 0.844. The van der Waals surface area contributed by atoms with E-state index in [0.717, 1.165) is 31.5 Å². The van der Waals surface area contributed by atoms with Gasteiger partial charge in [-0.15, -0.1) is 0 Å². The minimum atomic E-state index is 0.217. The number of carbonyl (C=O) groups is 1. The fraction of sp³-hybridized carbons (Fsp3) is 0.588. The van der Waals surface area contributed by atoms with Crippen LogP contribution in [-0.2, 0) is 0 Å². The first kappa shape index (κ1) is 13.6. The molecule has 0 bridgehead atoms. The van der Waals surface area contributed by atoms with E-state index in [1.807, 2.05) is 30.3 Å². The van der Waals surface area contributed by atoms with Gasteiger partial charge < -0.3 is 9.80 Å². The molecule has 0 radical (unpaired) electrons. The van der Waals surface area contributed by atoms with Crippen LogP contribution in [0, 0.1) is 0 Å².